The van der Waals surface area contributed by atoms with Gasteiger partial charge >= 0.3 is 0 Å². The van der Waals surface area contributed by atoms with Crippen LogP contribution < -0.4 is 5.32 Å². The highest BCUT2D eigenvalue weighted by Gasteiger charge is 2.20. The normalized spacial score (nSPS) is 12.0. The molecule has 0 amide bonds. The van der Waals surface area contributed by atoms with Crippen LogP contribution in [0.15, 0.2) is 4.52 Å². The van der Waals surface area contributed by atoms with Gasteiger partial charge in [-0.2, -0.15) is 4.98 Å². The fourth-order valence-corrected chi connectivity index (χ4v) is 1.00. The standard InChI is InChI=1S/C10H19N3O/c1-5-6-11-7-8-12-9(13-14-8)10(2,3)4/h11H,5-7H2,1-4H3. The second-order valence-corrected chi connectivity index (χ2v) is 4.44. The molecule has 0 atom stereocenters. The van der Waals surface area contributed by atoms with Crippen molar-refractivity contribution in [2.24, 2.45) is 0 Å². The predicted octanol–water partition coefficient (Wildman–Crippen LogP) is 1.87. The summed E-state index contributed by atoms with van der Waals surface area (Å²) in [5.74, 6) is 1.44. The van der Waals surface area contributed by atoms with Crippen LogP contribution in [0.3, 0.4) is 0 Å². The quantitative estimate of drug-likeness (QED) is 0.749. The molecule has 4 nitrogen and oxygen atoms in total. The van der Waals surface area contributed by atoms with E-state index in [4.69, 9.17) is 4.52 Å². The average molecular weight is 197 g/mol. The minimum atomic E-state index is -0.0352. The smallest absolute Gasteiger partial charge is 0.240 e. The van der Waals surface area contributed by atoms with Crippen molar-refractivity contribution in [1.29, 1.82) is 0 Å². The molecule has 0 fully saturated rings. The molecular weight excluding hydrogens is 178 g/mol. The topological polar surface area (TPSA) is 51.0 Å². The lowest BCUT2D eigenvalue weighted by Crippen LogP contribution is -2.15. The second-order valence-electron chi connectivity index (χ2n) is 4.44. The maximum atomic E-state index is 5.11. The lowest BCUT2D eigenvalue weighted by Gasteiger charge is -2.10. The lowest BCUT2D eigenvalue weighted by molar-refractivity contribution is 0.354. The first-order valence-corrected chi connectivity index (χ1v) is 5.08. The molecule has 1 heterocycles. The van der Waals surface area contributed by atoms with Crippen LogP contribution in [0.5, 0.6) is 0 Å². The van der Waals surface area contributed by atoms with Crippen LogP contribution in [0.2, 0.25) is 0 Å². The van der Waals surface area contributed by atoms with Gasteiger partial charge in [0, 0.05) is 5.41 Å². The van der Waals surface area contributed by atoms with Gasteiger partial charge < -0.3 is 9.84 Å². The maximum Gasteiger partial charge on any atom is 0.240 e. The summed E-state index contributed by atoms with van der Waals surface area (Å²) in [5, 5.41) is 7.16. The molecule has 0 aliphatic heterocycles. The lowest BCUT2D eigenvalue weighted by atomic mass is 9.96. The van der Waals surface area contributed by atoms with E-state index < -0.39 is 0 Å². The van der Waals surface area contributed by atoms with Crippen LogP contribution in [0, 0.1) is 0 Å². The maximum absolute atomic E-state index is 5.11. The van der Waals surface area contributed by atoms with E-state index in [0.29, 0.717) is 12.4 Å². The molecule has 0 radical (unpaired) electrons. The van der Waals surface area contributed by atoms with E-state index in [1.165, 1.54) is 0 Å². The van der Waals surface area contributed by atoms with Crippen LogP contribution in [-0.2, 0) is 12.0 Å². The van der Waals surface area contributed by atoms with Gasteiger partial charge in [0.05, 0.1) is 6.54 Å². The zero-order valence-corrected chi connectivity index (χ0v) is 9.42. The monoisotopic (exact) mass is 197 g/mol. The van der Waals surface area contributed by atoms with Crippen molar-refractivity contribution in [3.8, 4) is 0 Å². The molecule has 0 aliphatic carbocycles. The zero-order valence-electron chi connectivity index (χ0n) is 9.42. The number of hydrogen-bond acceptors (Lipinski definition) is 4. The van der Waals surface area contributed by atoms with E-state index in [9.17, 15) is 0 Å². The molecule has 1 N–H and O–H groups in total. The van der Waals surface area contributed by atoms with Crippen molar-refractivity contribution in [2.75, 3.05) is 6.54 Å². The summed E-state index contributed by atoms with van der Waals surface area (Å²) in [4.78, 5) is 4.31. The van der Waals surface area contributed by atoms with E-state index in [1.54, 1.807) is 0 Å². The molecule has 1 rings (SSSR count). The summed E-state index contributed by atoms with van der Waals surface area (Å²) < 4.78 is 5.11. The van der Waals surface area contributed by atoms with E-state index in [0.717, 1.165) is 18.8 Å². The Balaban J connectivity index is 2.51. The van der Waals surface area contributed by atoms with Crippen molar-refractivity contribution >= 4 is 0 Å². The molecule has 0 saturated heterocycles. The molecule has 0 aliphatic rings. The molecule has 80 valence electrons. The Labute approximate surface area is 85.1 Å². The van der Waals surface area contributed by atoms with Crippen molar-refractivity contribution in [2.45, 2.75) is 46.1 Å². The van der Waals surface area contributed by atoms with E-state index in [1.807, 2.05) is 0 Å². The highest BCUT2D eigenvalue weighted by molar-refractivity contribution is 4.99. The molecule has 4 heteroatoms. The van der Waals surface area contributed by atoms with Gasteiger partial charge in [-0.05, 0) is 13.0 Å². The van der Waals surface area contributed by atoms with Crippen molar-refractivity contribution < 1.29 is 4.52 Å². The third-order valence-electron chi connectivity index (χ3n) is 1.84. The number of nitrogens with zero attached hydrogens (tertiary/aromatic N) is 2. The Bertz CT molecular complexity index is 275. The molecule has 0 bridgehead atoms. The molecule has 1 aromatic rings. The minimum Gasteiger partial charge on any atom is -0.338 e. The Morgan fingerprint density at radius 3 is 2.57 bits per heavy atom. The zero-order chi connectivity index (χ0) is 10.6. The highest BCUT2D eigenvalue weighted by atomic mass is 16.5. The Morgan fingerprint density at radius 1 is 1.36 bits per heavy atom. The van der Waals surface area contributed by atoms with Gasteiger partial charge in [-0.25, -0.2) is 0 Å². The van der Waals surface area contributed by atoms with Crippen LogP contribution in [0.4, 0.5) is 0 Å². The SMILES string of the molecule is CCCNCc1nc(C(C)(C)C)no1. The average Bonchev–Trinajstić information content (AvgIpc) is 2.52. The summed E-state index contributed by atoms with van der Waals surface area (Å²) in [6.07, 6.45) is 1.11. The molecule has 14 heavy (non-hydrogen) atoms. The van der Waals surface area contributed by atoms with Gasteiger partial charge in [-0.3, -0.25) is 0 Å². The number of aromatic nitrogens is 2. The molecule has 1 aromatic heterocycles. The summed E-state index contributed by atoms with van der Waals surface area (Å²) in [7, 11) is 0. The Hall–Kier alpha value is -0.900. The fraction of sp³-hybridized carbons (Fsp3) is 0.800. The van der Waals surface area contributed by atoms with Crippen molar-refractivity contribution in [1.82, 2.24) is 15.5 Å². The van der Waals surface area contributed by atoms with Gasteiger partial charge in [0.1, 0.15) is 0 Å². The van der Waals surface area contributed by atoms with E-state index >= 15 is 0 Å². The highest BCUT2D eigenvalue weighted by Crippen LogP contribution is 2.18. The molecule has 0 unspecified atom stereocenters. The van der Waals surface area contributed by atoms with Gasteiger partial charge in [-0.1, -0.05) is 32.9 Å². The number of nitrogens with one attached hydrogen (secondary N) is 1. The molecule has 0 aromatic carbocycles. The van der Waals surface area contributed by atoms with Gasteiger partial charge in [0.15, 0.2) is 5.82 Å². The first-order valence-electron chi connectivity index (χ1n) is 5.08. The first-order chi connectivity index (χ1) is 6.54. The minimum absolute atomic E-state index is 0.0352. The van der Waals surface area contributed by atoms with Crippen molar-refractivity contribution in [3.05, 3.63) is 11.7 Å². The van der Waals surface area contributed by atoms with Crippen LogP contribution in [0.25, 0.3) is 0 Å². The Morgan fingerprint density at radius 2 is 2.07 bits per heavy atom. The van der Waals surface area contributed by atoms with Gasteiger partial charge in [0.25, 0.3) is 0 Å². The van der Waals surface area contributed by atoms with E-state index in [2.05, 4.69) is 43.2 Å². The molecular formula is C10H19N3O. The summed E-state index contributed by atoms with van der Waals surface area (Å²) in [5.41, 5.74) is -0.0352. The number of hydrogen-bond donors (Lipinski definition) is 1. The predicted molar refractivity (Wildman–Crippen MR) is 55.0 cm³/mol. The van der Waals surface area contributed by atoms with Gasteiger partial charge in [-0.15, -0.1) is 0 Å². The fourth-order valence-electron chi connectivity index (χ4n) is 1.00. The second kappa shape index (κ2) is 4.55. The van der Waals surface area contributed by atoms with Crippen LogP contribution in [0.1, 0.15) is 45.8 Å². The van der Waals surface area contributed by atoms with E-state index in [-0.39, 0.29) is 5.41 Å². The van der Waals surface area contributed by atoms with Crippen LogP contribution in [-0.4, -0.2) is 16.7 Å². The summed E-state index contributed by atoms with van der Waals surface area (Å²) >= 11 is 0. The third kappa shape index (κ3) is 3.10. The van der Waals surface area contributed by atoms with Gasteiger partial charge in [0.2, 0.25) is 5.89 Å². The summed E-state index contributed by atoms with van der Waals surface area (Å²) in [6.45, 7) is 9.98. The third-order valence-corrected chi connectivity index (χ3v) is 1.84. The van der Waals surface area contributed by atoms with Crippen LogP contribution >= 0.6 is 0 Å². The van der Waals surface area contributed by atoms with Crippen molar-refractivity contribution in [3.63, 3.8) is 0 Å². The first kappa shape index (κ1) is 11.2. The molecule has 0 spiro atoms. The number of rotatable bonds is 4. The largest absolute Gasteiger partial charge is 0.338 e. The summed E-state index contributed by atoms with van der Waals surface area (Å²) in [6, 6.07) is 0. The Kier molecular flexibility index (Phi) is 3.63. The molecule has 0 saturated carbocycles.